The van der Waals surface area contributed by atoms with Gasteiger partial charge in [0.05, 0.1) is 6.04 Å². The Labute approximate surface area is 123 Å². The summed E-state index contributed by atoms with van der Waals surface area (Å²) in [6, 6.07) is 11.8. The van der Waals surface area contributed by atoms with Crippen LogP contribution in [0.3, 0.4) is 0 Å². The molecule has 108 valence electrons. The van der Waals surface area contributed by atoms with Crippen molar-refractivity contribution < 1.29 is 9.18 Å². The number of carbonyl (C=O) groups is 1. The first kappa shape index (κ1) is 13.8. The van der Waals surface area contributed by atoms with Crippen LogP contribution in [0.1, 0.15) is 29.2 Å². The highest BCUT2D eigenvalue weighted by atomic mass is 19.1. The van der Waals surface area contributed by atoms with Crippen molar-refractivity contribution in [2.45, 2.75) is 18.9 Å². The fourth-order valence-electron chi connectivity index (χ4n) is 2.76. The number of hydrogen-bond donors (Lipinski definition) is 1. The Balaban J connectivity index is 1.95. The summed E-state index contributed by atoms with van der Waals surface area (Å²) >= 11 is 0. The predicted molar refractivity (Wildman–Crippen MR) is 80.6 cm³/mol. The molecule has 0 aromatic heterocycles. The van der Waals surface area contributed by atoms with E-state index in [0.717, 1.165) is 28.8 Å². The molecular formula is C17H17FN2O. The number of nitrogens with two attached hydrogens (primary N) is 1. The van der Waals surface area contributed by atoms with E-state index in [9.17, 15) is 9.18 Å². The molecule has 1 aliphatic rings. The average Bonchev–Trinajstić information content (AvgIpc) is 2.50. The summed E-state index contributed by atoms with van der Waals surface area (Å²) in [5.74, 6) is -0.157. The molecule has 4 heteroatoms. The molecule has 2 aromatic rings. The number of halogens is 1. The van der Waals surface area contributed by atoms with Crippen molar-refractivity contribution in [2.24, 2.45) is 5.73 Å². The normalized spacial score (nSPS) is 15.8. The number of benzene rings is 2. The van der Waals surface area contributed by atoms with Crippen molar-refractivity contribution in [1.82, 2.24) is 0 Å². The van der Waals surface area contributed by atoms with Crippen molar-refractivity contribution in [3.05, 3.63) is 65.0 Å². The zero-order valence-corrected chi connectivity index (χ0v) is 11.8. The lowest BCUT2D eigenvalue weighted by atomic mass is 9.93. The molecule has 2 aromatic carbocycles. The molecule has 3 rings (SSSR count). The summed E-state index contributed by atoms with van der Waals surface area (Å²) < 4.78 is 13.3. The number of anilines is 1. The first-order valence-electron chi connectivity index (χ1n) is 6.96. The summed E-state index contributed by atoms with van der Waals surface area (Å²) in [7, 11) is 1.78. The highest BCUT2D eigenvalue weighted by Crippen LogP contribution is 2.30. The Morgan fingerprint density at radius 3 is 2.67 bits per heavy atom. The lowest BCUT2D eigenvalue weighted by Crippen LogP contribution is -2.31. The first-order valence-corrected chi connectivity index (χ1v) is 6.96. The third kappa shape index (κ3) is 2.54. The quantitative estimate of drug-likeness (QED) is 0.921. The van der Waals surface area contributed by atoms with Crippen LogP contribution < -0.4 is 10.6 Å². The van der Waals surface area contributed by atoms with Gasteiger partial charge in [0.25, 0.3) is 0 Å². The summed E-state index contributed by atoms with van der Waals surface area (Å²) in [6.07, 6.45) is 1.24. The van der Waals surface area contributed by atoms with Gasteiger partial charge in [0.15, 0.2) is 0 Å². The average molecular weight is 284 g/mol. The van der Waals surface area contributed by atoms with Gasteiger partial charge in [0, 0.05) is 19.2 Å². The molecule has 0 saturated heterocycles. The van der Waals surface area contributed by atoms with Crippen LogP contribution in [0.2, 0.25) is 0 Å². The Morgan fingerprint density at radius 2 is 1.90 bits per heavy atom. The molecule has 2 N–H and O–H groups in total. The van der Waals surface area contributed by atoms with E-state index in [-0.39, 0.29) is 17.8 Å². The minimum absolute atomic E-state index is 0.129. The zero-order valence-electron chi connectivity index (χ0n) is 11.8. The maximum atomic E-state index is 13.3. The van der Waals surface area contributed by atoms with Gasteiger partial charge in [-0.2, -0.15) is 0 Å². The minimum Gasteiger partial charge on any atom is -0.320 e. The second-order valence-electron chi connectivity index (χ2n) is 5.37. The van der Waals surface area contributed by atoms with Crippen LogP contribution in [0.4, 0.5) is 10.1 Å². The molecule has 1 unspecified atom stereocenters. The van der Waals surface area contributed by atoms with Crippen LogP contribution in [0.5, 0.6) is 0 Å². The Bertz CT molecular complexity index is 699. The second kappa shape index (κ2) is 5.30. The summed E-state index contributed by atoms with van der Waals surface area (Å²) in [5.41, 5.74) is 9.96. The lowest BCUT2D eigenvalue weighted by Gasteiger charge is -2.27. The fraction of sp³-hybridized carbons (Fsp3) is 0.235. The standard InChI is InChI=1S/C17H17FN2O/c1-20-15-7-5-13(9-11(15)6-8-16(20)21)17(19)12-3-2-4-14(18)10-12/h2-5,7,9-10,17H,6,8,19H2,1H3. The number of aryl methyl sites for hydroxylation is 1. The van der Waals surface area contributed by atoms with Crippen LogP contribution in [-0.2, 0) is 11.2 Å². The van der Waals surface area contributed by atoms with Gasteiger partial charge in [-0.25, -0.2) is 4.39 Å². The van der Waals surface area contributed by atoms with Gasteiger partial charge in [-0.05, 0) is 41.3 Å². The second-order valence-corrected chi connectivity index (χ2v) is 5.37. The molecule has 1 amide bonds. The molecule has 0 fully saturated rings. The number of amides is 1. The van der Waals surface area contributed by atoms with Crippen LogP contribution in [-0.4, -0.2) is 13.0 Å². The highest BCUT2D eigenvalue weighted by Gasteiger charge is 2.22. The summed E-state index contributed by atoms with van der Waals surface area (Å²) in [5, 5.41) is 0. The van der Waals surface area contributed by atoms with E-state index in [2.05, 4.69) is 0 Å². The highest BCUT2D eigenvalue weighted by molar-refractivity contribution is 5.95. The number of fused-ring (bicyclic) bond motifs is 1. The van der Waals surface area contributed by atoms with Crippen LogP contribution in [0, 0.1) is 5.82 Å². The van der Waals surface area contributed by atoms with E-state index in [4.69, 9.17) is 5.73 Å². The predicted octanol–water partition coefficient (Wildman–Crippen LogP) is 2.78. The van der Waals surface area contributed by atoms with Gasteiger partial charge < -0.3 is 10.6 Å². The smallest absolute Gasteiger partial charge is 0.227 e. The molecule has 1 atom stereocenters. The van der Waals surface area contributed by atoms with E-state index in [1.165, 1.54) is 12.1 Å². The van der Waals surface area contributed by atoms with Gasteiger partial charge in [0.2, 0.25) is 5.91 Å². The van der Waals surface area contributed by atoms with Gasteiger partial charge in [-0.1, -0.05) is 24.3 Å². The number of carbonyl (C=O) groups excluding carboxylic acids is 1. The zero-order chi connectivity index (χ0) is 15.0. The molecule has 1 heterocycles. The molecule has 0 saturated carbocycles. The molecule has 0 bridgehead atoms. The Hall–Kier alpha value is -2.20. The van der Waals surface area contributed by atoms with Gasteiger partial charge >= 0.3 is 0 Å². The summed E-state index contributed by atoms with van der Waals surface area (Å²) in [4.78, 5) is 13.4. The first-order chi connectivity index (χ1) is 10.1. The monoisotopic (exact) mass is 284 g/mol. The molecule has 1 aliphatic heterocycles. The van der Waals surface area contributed by atoms with E-state index >= 15 is 0 Å². The fourth-order valence-corrected chi connectivity index (χ4v) is 2.76. The number of rotatable bonds is 2. The Kier molecular flexibility index (Phi) is 3.47. The maximum absolute atomic E-state index is 13.3. The van der Waals surface area contributed by atoms with E-state index in [0.29, 0.717) is 6.42 Å². The van der Waals surface area contributed by atoms with Crippen LogP contribution in [0.15, 0.2) is 42.5 Å². The maximum Gasteiger partial charge on any atom is 0.227 e. The minimum atomic E-state index is -0.367. The summed E-state index contributed by atoms with van der Waals surface area (Å²) in [6.45, 7) is 0. The van der Waals surface area contributed by atoms with Crippen molar-refractivity contribution in [1.29, 1.82) is 0 Å². The van der Waals surface area contributed by atoms with E-state index in [1.54, 1.807) is 18.0 Å². The van der Waals surface area contributed by atoms with Crippen molar-refractivity contribution >= 4 is 11.6 Å². The molecule has 0 spiro atoms. The van der Waals surface area contributed by atoms with Crippen molar-refractivity contribution in [3.8, 4) is 0 Å². The van der Waals surface area contributed by atoms with Gasteiger partial charge in [-0.3, -0.25) is 4.79 Å². The third-order valence-electron chi connectivity index (χ3n) is 4.01. The van der Waals surface area contributed by atoms with Crippen LogP contribution in [0.25, 0.3) is 0 Å². The van der Waals surface area contributed by atoms with Gasteiger partial charge in [0.1, 0.15) is 5.82 Å². The van der Waals surface area contributed by atoms with Crippen molar-refractivity contribution in [3.63, 3.8) is 0 Å². The Morgan fingerprint density at radius 1 is 1.14 bits per heavy atom. The molecular weight excluding hydrogens is 267 g/mol. The molecule has 0 aliphatic carbocycles. The van der Waals surface area contributed by atoms with Gasteiger partial charge in [-0.15, -0.1) is 0 Å². The third-order valence-corrected chi connectivity index (χ3v) is 4.01. The van der Waals surface area contributed by atoms with E-state index < -0.39 is 0 Å². The van der Waals surface area contributed by atoms with Crippen LogP contribution >= 0.6 is 0 Å². The SMILES string of the molecule is CN1C(=O)CCc2cc(C(N)c3cccc(F)c3)ccc21. The number of hydrogen-bond acceptors (Lipinski definition) is 2. The molecule has 21 heavy (non-hydrogen) atoms. The van der Waals surface area contributed by atoms with Crippen molar-refractivity contribution in [2.75, 3.05) is 11.9 Å². The molecule has 3 nitrogen and oxygen atoms in total. The lowest BCUT2D eigenvalue weighted by molar-refractivity contribution is -0.118. The van der Waals surface area contributed by atoms with E-state index in [1.807, 2.05) is 24.3 Å². The largest absolute Gasteiger partial charge is 0.320 e. The molecule has 0 radical (unpaired) electrons. The number of nitrogens with zero attached hydrogens (tertiary/aromatic N) is 1. The topological polar surface area (TPSA) is 46.3 Å².